The maximum atomic E-state index is 13.1. The van der Waals surface area contributed by atoms with Gasteiger partial charge < -0.3 is 9.84 Å². The van der Waals surface area contributed by atoms with Crippen LogP contribution < -0.4 is 4.74 Å². The molecule has 2 rings (SSSR count). The maximum absolute atomic E-state index is 13.1. The van der Waals surface area contributed by atoms with E-state index in [0.29, 0.717) is 22.1 Å². The van der Waals surface area contributed by atoms with E-state index in [9.17, 15) is 9.18 Å². The molecule has 3 nitrogen and oxygen atoms in total. The van der Waals surface area contributed by atoms with Crippen LogP contribution in [0.5, 0.6) is 11.5 Å². The number of hydrogen-bond donors (Lipinski definition) is 1. The number of aliphatic carboxylic acids is 1. The molecule has 0 saturated carbocycles. The van der Waals surface area contributed by atoms with Crippen LogP contribution in [0, 0.1) is 5.82 Å². The summed E-state index contributed by atoms with van der Waals surface area (Å²) in [6, 6.07) is 8.78. The van der Waals surface area contributed by atoms with E-state index in [0.717, 1.165) is 6.08 Å². The van der Waals surface area contributed by atoms with Crippen molar-refractivity contribution < 1.29 is 19.0 Å². The summed E-state index contributed by atoms with van der Waals surface area (Å²) in [7, 11) is 0. The molecule has 0 amide bonds. The molecule has 6 heteroatoms. The van der Waals surface area contributed by atoms with E-state index in [-0.39, 0.29) is 5.02 Å². The highest BCUT2D eigenvalue weighted by molar-refractivity contribution is 6.32. The smallest absolute Gasteiger partial charge is 0.328 e. The molecule has 0 aliphatic rings. The number of carboxylic acid groups (broad SMARTS) is 1. The Labute approximate surface area is 130 Å². The number of carboxylic acids is 1. The van der Waals surface area contributed by atoms with Gasteiger partial charge in [-0.15, -0.1) is 0 Å². The first kappa shape index (κ1) is 15.4. The van der Waals surface area contributed by atoms with E-state index < -0.39 is 11.8 Å². The first-order chi connectivity index (χ1) is 9.97. The van der Waals surface area contributed by atoms with Gasteiger partial charge in [-0.3, -0.25) is 0 Å². The van der Waals surface area contributed by atoms with Crippen LogP contribution in [0.25, 0.3) is 6.08 Å². The number of ether oxygens (including phenoxy) is 1. The van der Waals surface area contributed by atoms with Crippen LogP contribution in [0.15, 0.2) is 42.5 Å². The minimum atomic E-state index is -1.11. The molecule has 2 aromatic rings. The topological polar surface area (TPSA) is 46.5 Å². The van der Waals surface area contributed by atoms with E-state index in [1.807, 2.05) is 0 Å². The van der Waals surface area contributed by atoms with Crippen LogP contribution in [0.4, 0.5) is 4.39 Å². The highest BCUT2D eigenvalue weighted by Crippen LogP contribution is 2.32. The molecule has 0 atom stereocenters. The van der Waals surface area contributed by atoms with Crippen molar-refractivity contribution in [2.24, 2.45) is 0 Å². The zero-order valence-electron chi connectivity index (χ0n) is 10.5. The van der Waals surface area contributed by atoms with Gasteiger partial charge in [0.15, 0.2) is 0 Å². The third-order valence-electron chi connectivity index (χ3n) is 2.52. The van der Waals surface area contributed by atoms with Crippen molar-refractivity contribution in [1.29, 1.82) is 0 Å². The number of benzene rings is 2. The molecule has 0 bridgehead atoms. The molecule has 0 unspecified atom stereocenters. The van der Waals surface area contributed by atoms with Crippen molar-refractivity contribution in [1.82, 2.24) is 0 Å². The Morgan fingerprint density at radius 3 is 2.62 bits per heavy atom. The molecule has 0 fully saturated rings. The lowest BCUT2D eigenvalue weighted by molar-refractivity contribution is -0.131. The van der Waals surface area contributed by atoms with E-state index in [1.165, 1.54) is 24.3 Å². The SMILES string of the molecule is O=C(O)C=Cc1c(Cl)cccc1Oc1ccc(F)c(Cl)c1. The summed E-state index contributed by atoms with van der Waals surface area (Å²) in [5, 5.41) is 8.94. The van der Waals surface area contributed by atoms with Gasteiger partial charge in [-0.2, -0.15) is 0 Å². The summed E-state index contributed by atoms with van der Waals surface area (Å²) in [5.74, 6) is -1.01. The highest BCUT2D eigenvalue weighted by Gasteiger charge is 2.09. The zero-order chi connectivity index (χ0) is 15.4. The van der Waals surface area contributed by atoms with Gasteiger partial charge in [0.25, 0.3) is 0 Å². The van der Waals surface area contributed by atoms with Crippen LogP contribution in [-0.2, 0) is 4.79 Å². The van der Waals surface area contributed by atoms with Gasteiger partial charge in [-0.05, 0) is 30.3 Å². The zero-order valence-corrected chi connectivity index (χ0v) is 12.0. The summed E-state index contributed by atoms with van der Waals surface area (Å²) in [6.07, 6.45) is 2.27. The number of rotatable bonds is 4. The standard InChI is InChI=1S/C15H9Cl2FO3/c16-11-2-1-3-14(10(11)5-7-15(19)20)21-9-4-6-13(18)12(17)8-9/h1-8H,(H,19,20). The van der Waals surface area contributed by atoms with Gasteiger partial charge >= 0.3 is 5.97 Å². The van der Waals surface area contributed by atoms with E-state index in [4.69, 9.17) is 33.0 Å². The van der Waals surface area contributed by atoms with Crippen molar-refractivity contribution >= 4 is 35.2 Å². The van der Waals surface area contributed by atoms with Gasteiger partial charge in [0.2, 0.25) is 0 Å². The summed E-state index contributed by atoms with van der Waals surface area (Å²) in [6.45, 7) is 0. The van der Waals surface area contributed by atoms with Gasteiger partial charge in [0, 0.05) is 17.7 Å². The Bertz CT molecular complexity index is 714. The fraction of sp³-hybridized carbons (Fsp3) is 0. The molecular formula is C15H9Cl2FO3. The third-order valence-corrected chi connectivity index (χ3v) is 3.14. The number of halogens is 3. The Morgan fingerprint density at radius 1 is 1.19 bits per heavy atom. The van der Waals surface area contributed by atoms with E-state index in [2.05, 4.69) is 0 Å². The maximum Gasteiger partial charge on any atom is 0.328 e. The molecule has 0 spiro atoms. The Kier molecular flexibility index (Phi) is 4.83. The fourth-order valence-corrected chi connectivity index (χ4v) is 1.99. The normalized spacial score (nSPS) is 10.8. The molecule has 0 aliphatic heterocycles. The summed E-state index contributed by atoms with van der Waals surface area (Å²) in [5.41, 5.74) is 0.405. The Hall–Kier alpha value is -2.04. The number of carbonyl (C=O) groups is 1. The van der Waals surface area contributed by atoms with E-state index >= 15 is 0 Å². The molecule has 0 heterocycles. The van der Waals surface area contributed by atoms with Crippen molar-refractivity contribution in [2.45, 2.75) is 0 Å². The Morgan fingerprint density at radius 2 is 1.95 bits per heavy atom. The molecular weight excluding hydrogens is 318 g/mol. The second-order valence-corrected chi connectivity index (χ2v) is 4.82. The van der Waals surface area contributed by atoms with E-state index in [1.54, 1.807) is 18.2 Å². The molecule has 0 aromatic heterocycles. The monoisotopic (exact) mass is 326 g/mol. The summed E-state index contributed by atoms with van der Waals surface area (Å²) in [4.78, 5) is 10.6. The summed E-state index contributed by atoms with van der Waals surface area (Å²) >= 11 is 11.7. The lowest BCUT2D eigenvalue weighted by Crippen LogP contribution is -1.91. The lowest BCUT2D eigenvalue weighted by Gasteiger charge is -2.10. The van der Waals surface area contributed by atoms with Crippen molar-refractivity contribution in [3.8, 4) is 11.5 Å². The molecule has 108 valence electrons. The molecule has 1 N–H and O–H groups in total. The van der Waals surface area contributed by atoms with Crippen LogP contribution in [-0.4, -0.2) is 11.1 Å². The predicted molar refractivity (Wildman–Crippen MR) is 79.6 cm³/mol. The number of hydrogen-bond acceptors (Lipinski definition) is 2. The second-order valence-electron chi connectivity index (χ2n) is 4.00. The van der Waals surface area contributed by atoms with Crippen molar-refractivity contribution in [3.63, 3.8) is 0 Å². The van der Waals surface area contributed by atoms with Gasteiger partial charge in [-0.25, -0.2) is 9.18 Å². The minimum absolute atomic E-state index is 0.0721. The molecule has 0 radical (unpaired) electrons. The van der Waals surface area contributed by atoms with Crippen LogP contribution >= 0.6 is 23.2 Å². The van der Waals surface area contributed by atoms with Crippen molar-refractivity contribution in [3.05, 3.63) is 63.9 Å². The average Bonchev–Trinajstić information content (AvgIpc) is 2.42. The largest absolute Gasteiger partial charge is 0.478 e. The first-order valence-electron chi connectivity index (χ1n) is 5.80. The van der Waals surface area contributed by atoms with Crippen LogP contribution in [0.2, 0.25) is 10.0 Å². The first-order valence-corrected chi connectivity index (χ1v) is 6.55. The predicted octanol–water partition coefficient (Wildman–Crippen LogP) is 5.02. The van der Waals surface area contributed by atoms with Crippen LogP contribution in [0.3, 0.4) is 0 Å². The van der Waals surface area contributed by atoms with Crippen molar-refractivity contribution in [2.75, 3.05) is 0 Å². The van der Waals surface area contributed by atoms with Crippen LogP contribution in [0.1, 0.15) is 5.56 Å². The third kappa shape index (κ3) is 3.97. The minimum Gasteiger partial charge on any atom is -0.478 e. The van der Waals surface area contributed by atoms with Gasteiger partial charge in [0.05, 0.1) is 10.0 Å². The van der Waals surface area contributed by atoms with Gasteiger partial charge in [0.1, 0.15) is 17.3 Å². The molecule has 0 aliphatic carbocycles. The quantitative estimate of drug-likeness (QED) is 0.802. The average molecular weight is 327 g/mol. The molecule has 21 heavy (non-hydrogen) atoms. The second kappa shape index (κ2) is 6.61. The highest BCUT2D eigenvalue weighted by atomic mass is 35.5. The Balaban J connectivity index is 2.37. The molecule has 2 aromatic carbocycles. The lowest BCUT2D eigenvalue weighted by atomic mass is 10.2. The molecule has 0 saturated heterocycles. The fourth-order valence-electron chi connectivity index (χ4n) is 1.59. The van der Waals surface area contributed by atoms with Gasteiger partial charge in [-0.1, -0.05) is 29.3 Å². The summed E-state index contributed by atoms with van der Waals surface area (Å²) < 4.78 is 18.7.